The van der Waals surface area contributed by atoms with Gasteiger partial charge in [-0.25, -0.2) is 4.39 Å². The lowest BCUT2D eigenvalue weighted by Gasteiger charge is -2.14. The van der Waals surface area contributed by atoms with Crippen LogP contribution in [0, 0.1) is 5.82 Å². The van der Waals surface area contributed by atoms with Crippen LogP contribution in [0.1, 0.15) is 39.2 Å². The van der Waals surface area contributed by atoms with Crippen LogP contribution in [-0.4, -0.2) is 25.4 Å². The highest BCUT2D eigenvalue weighted by atomic mass is 32.1. The number of rotatable bonds is 6. The number of aryl methyl sites for hydroxylation is 1. The van der Waals surface area contributed by atoms with Gasteiger partial charge in [0, 0.05) is 10.4 Å². The van der Waals surface area contributed by atoms with Crippen LogP contribution in [0.5, 0.6) is 0 Å². The number of quaternary nitrogens is 1. The van der Waals surface area contributed by atoms with Gasteiger partial charge in [0.25, 0.3) is 11.8 Å². The number of nitrogens with one attached hydrogen (secondary N) is 2. The normalized spacial score (nSPS) is 14.5. The quantitative estimate of drug-likeness (QED) is 0.715. The zero-order valence-electron chi connectivity index (χ0n) is 14.7. The van der Waals surface area contributed by atoms with Gasteiger partial charge in [0.1, 0.15) is 17.4 Å². The summed E-state index contributed by atoms with van der Waals surface area (Å²) in [6.45, 7) is 0.857. The predicted molar refractivity (Wildman–Crippen MR) is 100.0 cm³/mol. The van der Waals surface area contributed by atoms with Gasteiger partial charge < -0.3 is 16.0 Å². The van der Waals surface area contributed by atoms with Crippen LogP contribution in [0.25, 0.3) is 0 Å². The molecule has 5 nitrogen and oxygen atoms in total. The zero-order valence-corrected chi connectivity index (χ0v) is 15.5. The van der Waals surface area contributed by atoms with Crippen LogP contribution in [0.3, 0.4) is 0 Å². The molecule has 4 N–H and O–H groups in total. The molecule has 0 saturated heterocycles. The fraction of sp³-hybridized carbons (Fsp3) is 0.368. The zero-order chi connectivity index (χ0) is 18.7. The van der Waals surface area contributed by atoms with Gasteiger partial charge in [-0.3, -0.25) is 9.59 Å². The first kappa shape index (κ1) is 18.5. The number of nitrogens with two attached hydrogens (primary N) is 1. The van der Waals surface area contributed by atoms with Crippen molar-refractivity contribution in [1.29, 1.82) is 0 Å². The molecule has 2 aromatic rings. The molecule has 0 saturated carbocycles. The number of thiophene rings is 1. The molecule has 0 bridgehead atoms. The summed E-state index contributed by atoms with van der Waals surface area (Å²) in [6, 6.07) is 6.26. The van der Waals surface area contributed by atoms with E-state index in [1.165, 1.54) is 23.5 Å². The van der Waals surface area contributed by atoms with E-state index in [4.69, 9.17) is 5.73 Å². The van der Waals surface area contributed by atoms with Crippen LogP contribution in [-0.2, 0) is 24.2 Å². The summed E-state index contributed by atoms with van der Waals surface area (Å²) < 4.78 is 13.0. The highest BCUT2D eigenvalue weighted by molar-refractivity contribution is 7.17. The second-order valence-electron chi connectivity index (χ2n) is 6.76. The van der Waals surface area contributed by atoms with E-state index in [1.54, 1.807) is 12.1 Å². The van der Waals surface area contributed by atoms with Crippen LogP contribution in [0.15, 0.2) is 24.3 Å². The van der Waals surface area contributed by atoms with Gasteiger partial charge >= 0.3 is 0 Å². The Kier molecular flexibility index (Phi) is 5.68. The van der Waals surface area contributed by atoms with E-state index in [9.17, 15) is 14.0 Å². The molecule has 1 unspecified atom stereocenters. The molecule has 3 rings (SSSR count). The maximum Gasteiger partial charge on any atom is 0.280 e. The standard InChI is InChI=1S/C19H22FN3O2S/c1-23(10-12-6-8-13(20)9-7-12)11-16(24)22-19-17(18(21)25)14-4-2-3-5-15(14)26-19/h6-9H,2-5,10-11H2,1H3,(H2,21,25)(H,22,24)/p+1. The minimum atomic E-state index is -0.480. The molecular weight excluding hydrogens is 353 g/mol. The monoisotopic (exact) mass is 376 g/mol. The van der Waals surface area contributed by atoms with Crippen molar-refractivity contribution in [2.24, 2.45) is 5.73 Å². The second-order valence-corrected chi connectivity index (χ2v) is 7.87. The lowest BCUT2D eigenvalue weighted by Crippen LogP contribution is -3.08. The summed E-state index contributed by atoms with van der Waals surface area (Å²) in [5.74, 6) is -0.915. The van der Waals surface area contributed by atoms with Crippen molar-refractivity contribution in [1.82, 2.24) is 0 Å². The average molecular weight is 376 g/mol. The van der Waals surface area contributed by atoms with Gasteiger partial charge in [-0.2, -0.15) is 0 Å². The minimum Gasteiger partial charge on any atom is -0.365 e. The highest BCUT2D eigenvalue weighted by Crippen LogP contribution is 2.37. The first-order valence-corrected chi connectivity index (χ1v) is 9.55. The Bertz CT molecular complexity index is 817. The molecule has 1 aliphatic carbocycles. The number of fused-ring (bicyclic) bond motifs is 1. The van der Waals surface area contributed by atoms with E-state index in [2.05, 4.69) is 5.32 Å². The summed E-state index contributed by atoms with van der Waals surface area (Å²) >= 11 is 1.47. The number of halogens is 1. The lowest BCUT2D eigenvalue weighted by atomic mass is 9.95. The Hall–Kier alpha value is -2.25. The van der Waals surface area contributed by atoms with E-state index >= 15 is 0 Å². The van der Waals surface area contributed by atoms with Crippen LogP contribution < -0.4 is 16.0 Å². The van der Waals surface area contributed by atoms with Crippen molar-refractivity contribution in [3.63, 3.8) is 0 Å². The molecule has 0 spiro atoms. The Balaban J connectivity index is 1.65. The highest BCUT2D eigenvalue weighted by Gasteiger charge is 2.25. The largest absolute Gasteiger partial charge is 0.365 e. The third kappa shape index (κ3) is 4.28. The number of hydrogen-bond donors (Lipinski definition) is 3. The topological polar surface area (TPSA) is 76.6 Å². The number of carbonyl (C=O) groups is 2. The first-order valence-electron chi connectivity index (χ1n) is 8.74. The molecule has 26 heavy (non-hydrogen) atoms. The summed E-state index contributed by atoms with van der Waals surface area (Å²) in [6.07, 6.45) is 3.92. The molecule has 0 aliphatic heterocycles. The van der Waals surface area contributed by atoms with Gasteiger partial charge in [0.05, 0.1) is 12.6 Å². The molecule has 1 heterocycles. The average Bonchev–Trinajstić information content (AvgIpc) is 2.94. The summed E-state index contributed by atoms with van der Waals surface area (Å²) in [4.78, 5) is 26.4. The van der Waals surface area contributed by atoms with Crippen molar-refractivity contribution < 1.29 is 18.9 Å². The maximum atomic E-state index is 13.0. The van der Waals surface area contributed by atoms with Crippen molar-refractivity contribution in [2.45, 2.75) is 32.2 Å². The van der Waals surface area contributed by atoms with Crippen molar-refractivity contribution in [3.05, 3.63) is 51.7 Å². The Morgan fingerprint density at radius 3 is 2.62 bits per heavy atom. The number of benzene rings is 1. The van der Waals surface area contributed by atoms with Crippen molar-refractivity contribution >= 4 is 28.2 Å². The Morgan fingerprint density at radius 1 is 1.23 bits per heavy atom. The summed E-state index contributed by atoms with van der Waals surface area (Å²) in [7, 11) is 1.90. The number of amides is 2. The summed E-state index contributed by atoms with van der Waals surface area (Å²) in [5, 5.41) is 3.45. The molecular formula is C19H23FN3O2S+. The molecule has 0 fully saturated rings. The molecule has 7 heteroatoms. The maximum absolute atomic E-state index is 13.0. The molecule has 1 atom stereocenters. The molecule has 1 aliphatic rings. The van der Waals surface area contributed by atoms with E-state index < -0.39 is 5.91 Å². The smallest absolute Gasteiger partial charge is 0.280 e. The molecule has 138 valence electrons. The second kappa shape index (κ2) is 7.97. The van der Waals surface area contributed by atoms with Gasteiger partial charge in [-0.15, -0.1) is 11.3 Å². The van der Waals surface area contributed by atoms with Crippen LogP contribution in [0.4, 0.5) is 9.39 Å². The molecule has 0 radical (unpaired) electrons. The van der Waals surface area contributed by atoms with E-state index in [-0.39, 0.29) is 18.3 Å². The molecule has 1 aromatic carbocycles. The van der Waals surface area contributed by atoms with Gasteiger partial charge in [0.2, 0.25) is 0 Å². The Morgan fingerprint density at radius 2 is 1.92 bits per heavy atom. The van der Waals surface area contributed by atoms with Gasteiger partial charge in [-0.05, 0) is 43.4 Å². The summed E-state index contributed by atoms with van der Waals surface area (Å²) in [5.41, 5.74) is 8.01. The predicted octanol–water partition coefficient (Wildman–Crippen LogP) is 1.52. The number of likely N-dealkylation sites (N-methyl/N-ethyl adjacent to an activating group) is 1. The minimum absolute atomic E-state index is 0.161. The molecule has 1 aromatic heterocycles. The van der Waals surface area contributed by atoms with Gasteiger partial charge in [0.15, 0.2) is 6.54 Å². The first-order chi connectivity index (χ1) is 12.4. The molecule has 2 amide bonds. The number of primary amides is 1. The van der Waals surface area contributed by atoms with Gasteiger partial charge in [-0.1, -0.05) is 12.1 Å². The third-order valence-corrected chi connectivity index (χ3v) is 5.76. The van der Waals surface area contributed by atoms with Crippen LogP contribution in [0.2, 0.25) is 0 Å². The number of carbonyl (C=O) groups excluding carboxylic acids is 2. The fourth-order valence-corrected chi connectivity index (χ4v) is 4.68. The Labute approximate surface area is 156 Å². The third-order valence-electron chi connectivity index (χ3n) is 4.55. The number of anilines is 1. The van der Waals surface area contributed by atoms with Crippen LogP contribution >= 0.6 is 11.3 Å². The van der Waals surface area contributed by atoms with E-state index in [0.29, 0.717) is 17.1 Å². The van der Waals surface area contributed by atoms with Crippen molar-refractivity contribution in [3.8, 4) is 0 Å². The van der Waals surface area contributed by atoms with E-state index in [1.807, 2.05) is 7.05 Å². The number of hydrogen-bond acceptors (Lipinski definition) is 3. The fourth-order valence-electron chi connectivity index (χ4n) is 3.37. The lowest BCUT2D eigenvalue weighted by molar-refractivity contribution is -0.885. The SMILES string of the molecule is C[NH+](CC(=O)Nc1sc2c(c1C(N)=O)CCCC2)Cc1ccc(F)cc1. The van der Waals surface area contributed by atoms with Crippen molar-refractivity contribution in [2.75, 3.05) is 18.9 Å². The van der Waals surface area contributed by atoms with E-state index in [0.717, 1.165) is 46.6 Å².